The molecular weight excluding hydrogens is 380 g/mol. The maximum absolute atomic E-state index is 11.5. The lowest BCUT2D eigenvalue weighted by molar-refractivity contribution is 0.101. The third-order valence-corrected chi connectivity index (χ3v) is 5.96. The molecule has 0 aliphatic heterocycles. The Morgan fingerprint density at radius 3 is 2.59 bits per heavy atom. The van der Waals surface area contributed by atoms with Crippen LogP contribution < -0.4 is 10.2 Å². The SMILES string of the molecule is CCN(CCNCC1=C(C2=CC=C(Cl)CC2)CCC=C1)c1ccc(C(C)=O)cc1. The summed E-state index contributed by atoms with van der Waals surface area (Å²) in [4.78, 5) is 13.8. The molecule has 0 fully saturated rings. The van der Waals surface area contributed by atoms with Gasteiger partial charge in [-0.25, -0.2) is 0 Å². The zero-order chi connectivity index (χ0) is 20.6. The Morgan fingerprint density at radius 1 is 1.14 bits per heavy atom. The average Bonchev–Trinajstić information content (AvgIpc) is 2.75. The number of ketones is 1. The molecule has 0 unspecified atom stereocenters. The standard InChI is InChI=1S/C25H31ClN2O/c1-3-28(24-14-10-20(11-15-24)19(2)29)17-16-27-18-22-6-4-5-7-25(22)21-8-12-23(26)13-9-21/h4,6,8,10-12,14-15,27H,3,5,7,9,13,16-18H2,1-2H3. The molecule has 154 valence electrons. The molecule has 1 N–H and O–H groups in total. The third-order valence-electron chi connectivity index (χ3n) is 5.65. The number of anilines is 1. The van der Waals surface area contributed by atoms with Crippen molar-refractivity contribution in [1.29, 1.82) is 0 Å². The van der Waals surface area contributed by atoms with Crippen LogP contribution in [-0.4, -0.2) is 32.0 Å². The van der Waals surface area contributed by atoms with Gasteiger partial charge >= 0.3 is 0 Å². The number of allylic oxidation sites excluding steroid dienone is 6. The number of hydrogen-bond acceptors (Lipinski definition) is 3. The van der Waals surface area contributed by atoms with E-state index >= 15 is 0 Å². The molecule has 0 saturated carbocycles. The van der Waals surface area contributed by atoms with Gasteiger partial charge in [-0.2, -0.15) is 0 Å². The van der Waals surface area contributed by atoms with Crippen LogP contribution in [-0.2, 0) is 0 Å². The first-order chi connectivity index (χ1) is 14.1. The molecule has 1 aromatic rings. The lowest BCUT2D eigenvalue weighted by Gasteiger charge is -2.24. The van der Waals surface area contributed by atoms with Gasteiger partial charge in [-0.1, -0.05) is 29.8 Å². The molecule has 0 amide bonds. The molecule has 0 saturated heterocycles. The number of rotatable bonds is 9. The quantitative estimate of drug-likeness (QED) is 0.412. The molecule has 2 aliphatic carbocycles. The molecule has 4 heteroatoms. The van der Waals surface area contributed by atoms with Crippen molar-refractivity contribution in [2.24, 2.45) is 0 Å². The highest BCUT2D eigenvalue weighted by molar-refractivity contribution is 6.29. The Bertz CT molecular complexity index is 846. The molecular formula is C25H31ClN2O. The van der Waals surface area contributed by atoms with Crippen LogP contribution >= 0.6 is 11.6 Å². The Hall–Kier alpha value is -2.10. The van der Waals surface area contributed by atoms with Crippen molar-refractivity contribution in [1.82, 2.24) is 5.32 Å². The number of carbonyl (C=O) groups excluding carboxylic acids is 1. The Morgan fingerprint density at radius 2 is 1.93 bits per heavy atom. The van der Waals surface area contributed by atoms with E-state index in [1.165, 1.54) is 16.7 Å². The van der Waals surface area contributed by atoms with E-state index < -0.39 is 0 Å². The van der Waals surface area contributed by atoms with Crippen LogP contribution in [0.15, 0.2) is 70.3 Å². The summed E-state index contributed by atoms with van der Waals surface area (Å²) in [5, 5.41) is 4.58. The molecule has 0 heterocycles. The molecule has 29 heavy (non-hydrogen) atoms. The van der Waals surface area contributed by atoms with Gasteiger partial charge in [-0.05, 0) is 86.6 Å². The summed E-state index contributed by atoms with van der Waals surface area (Å²) in [5.74, 6) is 0.108. The van der Waals surface area contributed by atoms with Gasteiger partial charge in [0.05, 0.1) is 0 Å². The van der Waals surface area contributed by atoms with Crippen molar-refractivity contribution in [3.05, 3.63) is 75.9 Å². The first kappa shape index (κ1) is 21.6. The van der Waals surface area contributed by atoms with E-state index in [-0.39, 0.29) is 5.78 Å². The zero-order valence-corrected chi connectivity index (χ0v) is 18.3. The lowest BCUT2D eigenvalue weighted by atomic mass is 9.87. The molecule has 0 radical (unpaired) electrons. The van der Waals surface area contributed by atoms with Gasteiger partial charge < -0.3 is 10.2 Å². The van der Waals surface area contributed by atoms with Crippen LogP contribution in [0.25, 0.3) is 0 Å². The van der Waals surface area contributed by atoms with Gasteiger partial charge in [-0.3, -0.25) is 4.79 Å². The van der Waals surface area contributed by atoms with Crippen LogP contribution in [0, 0.1) is 0 Å². The fraction of sp³-hybridized carbons (Fsp3) is 0.400. The van der Waals surface area contributed by atoms with Crippen LogP contribution in [0.4, 0.5) is 5.69 Å². The summed E-state index contributed by atoms with van der Waals surface area (Å²) in [6.07, 6.45) is 13.0. The Labute approximate surface area is 179 Å². The monoisotopic (exact) mass is 410 g/mol. The number of likely N-dealkylation sites (N-methyl/N-ethyl adjacent to an activating group) is 1. The van der Waals surface area contributed by atoms with Crippen molar-refractivity contribution >= 4 is 23.1 Å². The van der Waals surface area contributed by atoms with Gasteiger partial charge in [0.25, 0.3) is 0 Å². The largest absolute Gasteiger partial charge is 0.371 e. The van der Waals surface area contributed by atoms with E-state index in [1.54, 1.807) is 6.92 Å². The van der Waals surface area contributed by atoms with Crippen LogP contribution in [0.5, 0.6) is 0 Å². The highest BCUT2D eigenvalue weighted by Gasteiger charge is 2.15. The minimum Gasteiger partial charge on any atom is -0.371 e. The topological polar surface area (TPSA) is 32.3 Å². The number of Topliss-reactive ketones (excluding diaryl/α,β-unsaturated/α-hetero) is 1. The number of benzene rings is 1. The van der Waals surface area contributed by atoms with Gasteiger partial charge in [0.2, 0.25) is 0 Å². The summed E-state index contributed by atoms with van der Waals surface area (Å²) >= 11 is 6.13. The molecule has 0 aromatic heterocycles. The van der Waals surface area contributed by atoms with Crippen LogP contribution in [0.1, 0.15) is 49.9 Å². The highest BCUT2D eigenvalue weighted by atomic mass is 35.5. The third kappa shape index (κ3) is 5.94. The van der Waals surface area contributed by atoms with E-state index in [9.17, 15) is 4.79 Å². The van der Waals surface area contributed by atoms with E-state index in [2.05, 4.69) is 35.4 Å². The maximum atomic E-state index is 11.5. The minimum atomic E-state index is 0.108. The predicted molar refractivity (Wildman–Crippen MR) is 124 cm³/mol. The van der Waals surface area contributed by atoms with Gasteiger partial charge in [0.1, 0.15) is 0 Å². The summed E-state index contributed by atoms with van der Waals surface area (Å²) in [6, 6.07) is 7.91. The zero-order valence-electron chi connectivity index (χ0n) is 17.5. The van der Waals surface area contributed by atoms with E-state index in [1.807, 2.05) is 30.3 Å². The molecule has 3 rings (SSSR count). The fourth-order valence-electron chi connectivity index (χ4n) is 3.92. The normalized spacial score (nSPS) is 16.5. The maximum Gasteiger partial charge on any atom is 0.159 e. The fourth-order valence-corrected chi connectivity index (χ4v) is 4.08. The number of halogens is 1. The molecule has 3 nitrogen and oxygen atoms in total. The Kier molecular flexibility index (Phi) is 7.91. The molecule has 0 spiro atoms. The number of carbonyl (C=O) groups is 1. The minimum absolute atomic E-state index is 0.108. The smallest absolute Gasteiger partial charge is 0.159 e. The lowest BCUT2D eigenvalue weighted by Crippen LogP contribution is -2.33. The highest BCUT2D eigenvalue weighted by Crippen LogP contribution is 2.32. The second-order valence-corrected chi connectivity index (χ2v) is 8.10. The summed E-state index contributed by atoms with van der Waals surface area (Å²) < 4.78 is 0. The summed E-state index contributed by atoms with van der Waals surface area (Å²) in [7, 11) is 0. The number of hydrogen-bond donors (Lipinski definition) is 1. The molecule has 0 bridgehead atoms. The van der Waals surface area contributed by atoms with Crippen LogP contribution in [0.2, 0.25) is 0 Å². The van der Waals surface area contributed by atoms with Gasteiger partial charge in [0, 0.05) is 42.5 Å². The summed E-state index contributed by atoms with van der Waals surface area (Å²) in [6.45, 7) is 7.45. The van der Waals surface area contributed by atoms with E-state index in [4.69, 9.17) is 11.6 Å². The van der Waals surface area contributed by atoms with Crippen molar-refractivity contribution in [2.75, 3.05) is 31.1 Å². The second-order valence-electron chi connectivity index (χ2n) is 7.61. The number of nitrogens with zero attached hydrogens (tertiary/aromatic N) is 1. The molecule has 0 atom stereocenters. The van der Waals surface area contributed by atoms with Crippen molar-refractivity contribution in [3.63, 3.8) is 0 Å². The number of nitrogens with one attached hydrogen (secondary N) is 1. The Balaban J connectivity index is 1.56. The first-order valence-corrected chi connectivity index (χ1v) is 11.0. The first-order valence-electron chi connectivity index (χ1n) is 10.6. The van der Waals surface area contributed by atoms with E-state index in [0.717, 1.165) is 68.1 Å². The molecule has 1 aromatic carbocycles. The van der Waals surface area contributed by atoms with Crippen molar-refractivity contribution in [2.45, 2.75) is 39.5 Å². The van der Waals surface area contributed by atoms with Gasteiger partial charge in [-0.15, -0.1) is 0 Å². The second kappa shape index (κ2) is 10.6. The van der Waals surface area contributed by atoms with Crippen LogP contribution in [0.3, 0.4) is 0 Å². The van der Waals surface area contributed by atoms with Crippen molar-refractivity contribution in [3.8, 4) is 0 Å². The average molecular weight is 411 g/mol. The molecule has 2 aliphatic rings. The van der Waals surface area contributed by atoms with E-state index in [0.29, 0.717) is 0 Å². The van der Waals surface area contributed by atoms with Crippen molar-refractivity contribution < 1.29 is 4.79 Å². The van der Waals surface area contributed by atoms with Gasteiger partial charge in [0.15, 0.2) is 5.78 Å². The predicted octanol–water partition coefficient (Wildman–Crippen LogP) is 5.79. The summed E-state index contributed by atoms with van der Waals surface area (Å²) in [5.41, 5.74) is 6.26.